The maximum absolute atomic E-state index is 4.49. The van der Waals surface area contributed by atoms with Crippen molar-refractivity contribution < 1.29 is 0 Å². The van der Waals surface area contributed by atoms with Gasteiger partial charge in [0.15, 0.2) is 0 Å². The van der Waals surface area contributed by atoms with Crippen molar-refractivity contribution in [1.29, 1.82) is 0 Å². The van der Waals surface area contributed by atoms with Crippen molar-refractivity contribution >= 4 is 11.8 Å². The van der Waals surface area contributed by atoms with Gasteiger partial charge in [0.1, 0.15) is 5.82 Å². The first-order chi connectivity index (χ1) is 9.67. The molecule has 0 radical (unpaired) electrons. The summed E-state index contributed by atoms with van der Waals surface area (Å²) in [5, 5.41) is 6.61. The van der Waals surface area contributed by atoms with Gasteiger partial charge in [-0.05, 0) is 38.0 Å². The Balaban J connectivity index is 2.04. The molecule has 20 heavy (non-hydrogen) atoms. The Kier molecular flexibility index (Phi) is 4.87. The summed E-state index contributed by atoms with van der Waals surface area (Å²) in [6, 6.07) is 6.28. The first kappa shape index (κ1) is 14.2. The second kappa shape index (κ2) is 6.84. The first-order valence-corrected chi connectivity index (χ1v) is 6.92. The number of rotatable bonds is 6. The number of aryl methyl sites for hydroxylation is 1. The van der Waals surface area contributed by atoms with Crippen LogP contribution in [0, 0.1) is 6.92 Å². The average molecular weight is 271 g/mol. The normalized spacial score (nSPS) is 11.9. The number of pyridine rings is 1. The summed E-state index contributed by atoms with van der Waals surface area (Å²) in [6.07, 6.45) is 4.62. The molecule has 0 saturated heterocycles. The minimum atomic E-state index is 0.366. The monoisotopic (exact) mass is 271 g/mol. The number of hydrogen-bond acceptors (Lipinski definition) is 5. The lowest BCUT2D eigenvalue weighted by molar-refractivity contribution is 0.751. The first-order valence-electron chi connectivity index (χ1n) is 6.92. The highest BCUT2D eigenvalue weighted by atomic mass is 15.1. The van der Waals surface area contributed by atoms with Gasteiger partial charge in [-0.15, -0.1) is 0 Å². The van der Waals surface area contributed by atoms with Crippen LogP contribution in [0.4, 0.5) is 11.8 Å². The van der Waals surface area contributed by atoms with E-state index in [1.807, 2.05) is 25.1 Å². The van der Waals surface area contributed by atoms with Crippen molar-refractivity contribution in [3.8, 4) is 0 Å². The van der Waals surface area contributed by atoms with Crippen LogP contribution in [0.25, 0.3) is 0 Å². The summed E-state index contributed by atoms with van der Waals surface area (Å²) in [4.78, 5) is 12.9. The molecule has 0 aromatic carbocycles. The van der Waals surface area contributed by atoms with Gasteiger partial charge in [0.25, 0.3) is 0 Å². The molecule has 5 nitrogen and oxygen atoms in total. The van der Waals surface area contributed by atoms with E-state index in [1.54, 1.807) is 12.4 Å². The Morgan fingerprint density at radius 2 is 1.95 bits per heavy atom. The average Bonchev–Trinajstić information content (AvgIpc) is 2.45. The third kappa shape index (κ3) is 4.19. The molecule has 2 aromatic rings. The molecule has 2 aromatic heterocycles. The van der Waals surface area contributed by atoms with Gasteiger partial charge in [-0.2, -0.15) is 4.98 Å². The second-order valence-corrected chi connectivity index (χ2v) is 4.88. The zero-order valence-electron chi connectivity index (χ0n) is 12.2. The predicted molar refractivity (Wildman–Crippen MR) is 81.7 cm³/mol. The van der Waals surface area contributed by atoms with Crippen molar-refractivity contribution in [2.24, 2.45) is 0 Å². The van der Waals surface area contributed by atoms with Crippen LogP contribution in [-0.2, 0) is 6.54 Å². The molecule has 2 rings (SSSR count). The third-order valence-electron chi connectivity index (χ3n) is 3.07. The summed E-state index contributed by atoms with van der Waals surface area (Å²) < 4.78 is 0. The summed E-state index contributed by atoms with van der Waals surface area (Å²) >= 11 is 0. The number of nitrogens with zero attached hydrogens (tertiary/aromatic N) is 3. The molecule has 1 unspecified atom stereocenters. The Hall–Kier alpha value is -2.17. The molecule has 2 N–H and O–H groups in total. The molecule has 5 heteroatoms. The van der Waals surface area contributed by atoms with Crippen LogP contribution >= 0.6 is 0 Å². The number of aromatic nitrogens is 3. The lowest BCUT2D eigenvalue weighted by atomic mass is 10.2. The molecule has 0 aliphatic heterocycles. The van der Waals surface area contributed by atoms with Gasteiger partial charge in [-0.3, -0.25) is 4.98 Å². The minimum absolute atomic E-state index is 0.366. The van der Waals surface area contributed by atoms with Gasteiger partial charge in [0, 0.05) is 36.7 Å². The molecule has 0 saturated carbocycles. The number of nitrogens with one attached hydrogen (secondary N) is 2. The Labute approximate surface area is 119 Å². The maximum Gasteiger partial charge on any atom is 0.225 e. The molecule has 0 fully saturated rings. The van der Waals surface area contributed by atoms with Crippen molar-refractivity contribution in [2.45, 2.75) is 39.8 Å². The van der Waals surface area contributed by atoms with Crippen molar-refractivity contribution in [2.75, 3.05) is 10.6 Å². The van der Waals surface area contributed by atoms with Gasteiger partial charge in [0.05, 0.1) is 0 Å². The molecular formula is C15H21N5. The summed E-state index contributed by atoms with van der Waals surface area (Å²) in [6.45, 7) is 6.95. The molecule has 0 aliphatic carbocycles. The fourth-order valence-electron chi connectivity index (χ4n) is 1.74. The van der Waals surface area contributed by atoms with E-state index in [9.17, 15) is 0 Å². The van der Waals surface area contributed by atoms with Gasteiger partial charge in [0.2, 0.25) is 5.95 Å². The second-order valence-electron chi connectivity index (χ2n) is 4.88. The van der Waals surface area contributed by atoms with Crippen LogP contribution in [0.2, 0.25) is 0 Å². The van der Waals surface area contributed by atoms with Crippen molar-refractivity contribution in [3.05, 3.63) is 41.9 Å². The Morgan fingerprint density at radius 3 is 2.65 bits per heavy atom. The Morgan fingerprint density at radius 1 is 1.20 bits per heavy atom. The van der Waals surface area contributed by atoms with E-state index in [2.05, 4.69) is 39.4 Å². The molecule has 0 aliphatic rings. The molecule has 106 valence electrons. The quantitative estimate of drug-likeness (QED) is 0.845. The number of hydrogen-bond donors (Lipinski definition) is 2. The van der Waals surface area contributed by atoms with E-state index in [-0.39, 0.29) is 0 Å². The van der Waals surface area contributed by atoms with Crippen molar-refractivity contribution in [3.63, 3.8) is 0 Å². The van der Waals surface area contributed by atoms with Gasteiger partial charge < -0.3 is 10.6 Å². The molecule has 1 atom stereocenters. The van der Waals surface area contributed by atoms with Gasteiger partial charge >= 0.3 is 0 Å². The fraction of sp³-hybridized carbons (Fsp3) is 0.400. The highest BCUT2D eigenvalue weighted by Gasteiger charge is 2.05. The van der Waals surface area contributed by atoms with Crippen LogP contribution in [-0.4, -0.2) is 21.0 Å². The van der Waals surface area contributed by atoms with Gasteiger partial charge in [-0.25, -0.2) is 4.98 Å². The van der Waals surface area contributed by atoms with Crippen LogP contribution in [0.3, 0.4) is 0 Å². The van der Waals surface area contributed by atoms with Gasteiger partial charge in [-0.1, -0.05) is 6.92 Å². The highest BCUT2D eigenvalue weighted by Crippen LogP contribution is 2.12. The zero-order valence-corrected chi connectivity index (χ0v) is 12.2. The fourth-order valence-corrected chi connectivity index (χ4v) is 1.74. The van der Waals surface area contributed by atoms with E-state index >= 15 is 0 Å². The smallest absolute Gasteiger partial charge is 0.225 e. The molecular weight excluding hydrogens is 250 g/mol. The topological polar surface area (TPSA) is 62.7 Å². The Bertz CT molecular complexity index is 541. The lowest BCUT2D eigenvalue weighted by Crippen LogP contribution is -2.16. The molecule has 0 spiro atoms. The van der Waals surface area contributed by atoms with E-state index in [1.165, 1.54) is 5.56 Å². The van der Waals surface area contributed by atoms with E-state index in [0.29, 0.717) is 12.0 Å². The zero-order chi connectivity index (χ0) is 14.4. The SMILES string of the molecule is CCC(C)Nc1nc(C)cc(NCc2ccncc2)n1. The largest absolute Gasteiger partial charge is 0.366 e. The molecule has 0 amide bonds. The third-order valence-corrected chi connectivity index (χ3v) is 3.07. The maximum atomic E-state index is 4.49. The minimum Gasteiger partial charge on any atom is -0.366 e. The summed E-state index contributed by atoms with van der Waals surface area (Å²) in [7, 11) is 0. The van der Waals surface area contributed by atoms with E-state index in [0.717, 1.165) is 24.5 Å². The highest BCUT2D eigenvalue weighted by molar-refractivity contribution is 5.43. The van der Waals surface area contributed by atoms with Crippen molar-refractivity contribution in [1.82, 2.24) is 15.0 Å². The van der Waals surface area contributed by atoms with Crippen LogP contribution in [0.5, 0.6) is 0 Å². The lowest BCUT2D eigenvalue weighted by Gasteiger charge is -2.13. The standard InChI is InChI=1S/C15H21N5/c1-4-11(2)18-15-19-12(3)9-14(20-15)17-10-13-5-7-16-8-6-13/h5-9,11H,4,10H2,1-3H3,(H2,17,18,19,20). The number of anilines is 2. The van der Waals surface area contributed by atoms with Crippen LogP contribution < -0.4 is 10.6 Å². The summed E-state index contributed by atoms with van der Waals surface area (Å²) in [5.41, 5.74) is 2.12. The van der Waals surface area contributed by atoms with E-state index < -0.39 is 0 Å². The summed E-state index contributed by atoms with van der Waals surface area (Å²) in [5.74, 6) is 1.51. The predicted octanol–water partition coefficient (Wildman–Crippen LogP) is 3.00. The van der Waals surface area contributed by atoms with Crippen LogP contribution in [0.1, 0.15) is 31.5 Å². The van der Waals surface area contributed by atoms with Crippen LogP contribution in [0.15, 0.2) is 30.6 Å². The van der Waals surface area contributed by atoms with E-state index in [4.69, 9.17) is 0 Å². The molecule has 0 bridgehead atoms. The molecule has 2 heterocycles.